The zero-order valence-corrected chi connectivity index (χ0v) is 19.8. The minimum absolute atomic E-state index is 0.0960. The molecule has 0 unspecified atom stereocenters. The summed E-state index contributed by atoms with van der Waals surface area (Å²) >= 11 is 0. The molecule has 0 bridgehead atoms. The first-order valence-corrected chi connectivity index (χ1v) is 11.0. The molecule has 0 heterocycles. The number of carbonyl (C=O) groups excluding carboxylic acids is 2. The highest BCUT2D eigenvalue weighted by molar-refractivity contribution is 5.99. The number of benzene rings is 1. The van der Waals surface area contributed by atoms with E-state index in [1.807, 2.05) is 20.8 Å². The Bertz CT molecular complexity index is 687. The van der Waals surface area contributed by atoms with Crippen molar-refractivity contribution in [2.24, 2.45) is 11.8 Å². The lowest BCUT2D eigenvalue weighted by atomic mass is 9.83. The fraction of sp³-hybridized carbons (Fsp3) is 0.667. The third-order valence-corrected chi connectivity index (χ3v) is 4.41. The second-order valence-electron chi connectivity index (χ2n) is 8.68. The Kier molecular flexibility index (Phi) is 10.3. The Balaban J connectivity index is 3.27. The molecule has 1 aromatic rings. The Labute approximate surface area is 181 Å². The highest BCUT2D eigenvalue weighted by Crippen LogP contribution is 2.32. The number of ether oxygens (including phenoxy) is 3. The maximum absolute atomic E-state index is 13.4. The van der Waals surface area contributed by atoms with Gasteiger partial charge in [0.25, 0.3) is 5.91 Å². The van der Waals surface area contributed by atoms with Gasteiger partial charge in [-0.3, -0.25) is 4.79 Å². The molecule has 0 spiro atoms. The van der Waals surface area contributed by atoms with Crippen LogP contribution in [0, 0.1) is 11.8 Å². The van der Waals surface area contributed by atoms with Crippen LogP contribution >= 0.6 is 0 Å². The first-order chi connectivity index (χ1) is 14.0. The second kappa shape index (κ2) is 11.9. The van der Waals surface area contributed by atoms with E-state index in [2.05, 4.69) is 33.0 Å². The van der Waals surface area contributed by atoms with Crippen LogP contribution < -0.4 is 10.1 Å². The molecule has 0 aliphatic carbocycles. The third kappa shape index (κ3) is 7.63. The molecule has 6 nitrogen and oxygen atoms in total. The summed E-state index contributed by atoms with van der Waals surface area (Å²) in [5.74, 6) is 0.335. The van der Waals surface area contributed by atoms with Crippen LogP contribution in [0.4, 0.5) is 5.69 Å². The van der Waals surface area contributed by atoms with Crippen molar-refractivity contribution in [2.75, 3.05) is 18.5 Å². The molecule has 1 N–H and O–H groups in total. The molecule has 0 fully saturated rings. The van der Waals surface area contributed by atoms with E-state index in [0.29, 0.717) is 30.9 Å². The zero-order valence-electron chi connectivity index (χ0n) is 19.8. The van der Waals surface area contributed by atoms with Gasteiger partial charge in [0.1, 0.15) is 16.9 Å². The van der Waals surface area contributed by atoms with Gasteiger partial charge in [-0.2, -0.15) is 0 Å². The molecule has 1 amide bonds. The van der Waals surface area contributed by atoms with Gasteiger partial charge in [0.05, 0.1) is 12.7 Å². The average Bonchev–Trinajstić information content (AvgIpc) is 2.61. The van der Waals surface area contributed by atoms with Crippen molar-refractivity contribution in [2.45, 2.75) is 79.9 Å². The van der Waals surface area contributed by atoms with Crippen molar-refractivity contribution in [1.82, 2.24) is 0 Å². The molecule has 0 aliphatic heterocycles. The number of hydrogen-bond donors (Lipinski definition) is 1. The molecule has 0 aliphatic rings. The fourth-order valence-corrected chi connectivity index (χ4v) is 3.63. The predicted molar refractivity (Wildman–Crippen MR) is 120 cm³/mol. The summed E-state index contributed by atoms with van der Waals surface area (Å²) < 4.78 is 17.0. The Hall–Kier alpha value is -2.08. The molecule has 0 atom stereocenters. The molecule has 1 rings (SSSR count). The standard InChI is InChI=1S/C24H39NO5/c1-9-28-22(26)20-13-19(11-12-21(20)30-18(7)8)25-23(27)24(29-10-2,14-16(3)4)15-17(5)6/h11-13,16-18H,9-10,14-15H2,1-8H3,(H,25,27). The largest absolute Gasteiger partial charge is 0.490 e. The van der Waals surface area contributed by atoms with E-state index in [-0.39, 0.29) is 36.0 Å². The molecular formula is C24H39NO5. The Morgan fingerprint density at radius 1 is 0.967 bits per heavy atom. The van der Waals surface area contributed by atoms with Crippen LogP contribution in [0.15, 0.2) is 18.2 Å². The highest BCUT2D eigenvalue weighted by Gasteiger charge is 2.40. The van der Waals surface area contributed by atoms with Crippen LogP contribution in [0.3, 0.4) is 0 Å². The zero-order chi connectivity index (χ0) is 22.9. The van der Waals surface area contributed by atoms with Gasteiger partial charge in [0, 0.05) is 12.3 Å². The van der Waals surface area contributed by atoms with Crippen molar-refractivity contribution in [3.63, 3.8) is 0 Å². The summed E-state index contributed by atoms with van der Waals surface area (Å²) in [7, 11) is 0. The van der Waals surface area contributed by atoms with Gasteiger partial charge < -0.3 is 19.5 Å². The van der Waals surface area contributed by atoms with E-state index < -0.39 is 11.6 Å². The molecule has 6 heteroatoms. The van der Waals surface area contributed by atoms with Gasteiger partial charge in [-0.25, -0.2) is 4.79 Å². The second-order valence-corrected chi connectivity index (χ2v) is 8.68. The van der Waals surface area contributed by atoms with E-state index in [1.165, 1.54) is 0 Å². The summed E-state index contributed by atoms with van der Waals surface area (Å²) in [6.07, 6.45) is 1.13. The van der Waals surface area contributed by atoms with Crippen LogP contribution in [-0.4, -0.2) is 36.8 Å². The molecule has 170 valence electrons. The molecule has 30 heavy (non-hydrogen) atoms. The van der Waals surface area contributed by atoms with Crippen LogP contribution in [0.1, 0.15) is 78.6 Å². The van der Waals surface area contributed by atoms with Crippen molar-refractivity contribution in [3.8, 4) is 5.75 Å². The normalized spacial score (nSPS) is 11.8. The van der Waals surface area contributed by atoms with Crippen LogP contribution in [0.2, 0.25) is 0 Å². The number of amides is 1. The van der Waals surface area contributed by atoms with Crippen LogP contribution in [0.5, 0.6) is 5.75 Å². The van der Waals surface area contributed by atoms with Crippen molar-refractivity contribution in [3.05, 3.63) is 23.8 Å². The number of anilines is 1. The minimum Gasteiger partial charge on any atom is -0.490 e. The van der Waals surface area contributed by atoms with E-state index >= 15 is 0 Å². The first kappa shape index (κ1) is 26.0. The van der Waals surface area contributed by atoms with Crippen molar-refractivity contribution < 1.29 is 23.8 Å². The lowest BCUT2D eigenvalue weighted by Gasteiger charge is -2.35. The van der Waals surface area contributed by atoms with Gasteiger partial charge in [0.2, 0.25) is 0 Å². The average molecular weight is 422 g/mol. The van der Waals surface area contributed by atoms with Crippen molar-refractivity contribution >= 4 is 17.6 Å². The van der Waals surface area contributed by atoms with Gasteiger partial charge in [-0.05, 0) is 70.6 Å². The topological polar surface area (TPSA) is 73.9 Å². The summed E-state index contributed by atoms with van der Waals surface area (Å²) in [5, 5.41) is 2.97. The van der Waals surface area contributed by atoms with E-state index in [1.54, 1.807) is 25.1 Å². The molecule has 0 aromatic heterocycles. The van der Waals surface area contributed by atoms with Crippen molar-refractivity contribution in [1.29, 1.82) is 0 Å². The van der Waals surface area contributed by atoms with Gasteiger partial charge in [-0.15, -0.1) is 0 Å². The number of hydrogen-bond acceptors (Lipinski definition) is 5. The summed E-state index contributed by atoms with van der Waals surface area (Å²) in [6, 6.07) is 5.03. The predicted octanol–water partition coefficient (Wildman–Crippen LogP) is 5.46. The molecule has 0 radical (unpaired) electrons. The molecule has 1 aromatic carbocycles. The summed E-state index contributed by atoms with van der Waals surface area (Å²) in [6.45, 7) is 16.5. The SMILES string of the molecule is CCOC(=O)c1cc(NC(=O)C(CC(C)C)(CC(C)C)OCC)ccc1OC(C)C. The maximum atomic E-state index is 13.4. The third-order valence-electron chi connectivity index (χ3n) is 4.41. The number of carbonyl (C=O) groups is 2. The van der Waals surface area contributed by atoms with Gasteiger partial charge in [0.15, 0.2) is 0 Å². The lowest BCUT2D eigenvalue weighted by molar-refractivity contribution is -0.146. The number of nitrogens with one attached hydrogen (secondary N) is 1. The van der Waals surface area contributed by atoms with E-state index in [9.17, 15) is 9.59 Å². The fourth-order valence-electron chi connectivity index (χ4n) is 3.63. The van der Waals surface area contributed by atoms with E-state index in [0.717, 1.165) is 0 Å². The quantitative estimate of drug-likeness (QED) is 0.454. The monoisotopic (exact) mass is 421 g/mol. The molecule has 0 saturated heterocycles. The Morgan fingerprint density at radius 2 is 1.57 bits per heavy atom. The van der Waals surface area contributed by atoms with Crippen LogP contribution in [0.25, 0.3) is 0 Å². The highest BCUT2D eigenvalue weighted by atomic mass is 16.5. The molecule has 0 saturated carbocycles. The minimum atomic E-state index is -0.922. The lowest BCUT2D eigenvalue weighted by Crippen LogP contribution is -2.47. The van der Waals surface area contributed by atoms with E-state index in [4.69, 9.17) is 14.2 Å². The van der Waals surface area contributed by atoms with Gasteiger partial charge in [-0.1, -0.05) is 27.7 Å². The summed E-state index contributed by atoms with van der Waals surface area (Å²) in [5.41, 5.74) is -0.123. The number of rotatable bonds is 12. The summed E-state index contributed by atoms with van der Waals surface area (Å²) in [4.78, 5) is 25.8. The molecular weight excluding hydrogens is 382 g/mol. The van der Waals surface area contributed by atoms with Crippen LogP contribution in [-0.2, 0) is 14.3 Å². The first-order valence-electron chi connectivity index (χ1n) is 11.0. The van der Waals surface area contributed by atoms with Gasteiger partial charge >= 0.3 is 5.97 Å². The smallest absolute Gasteiger partial charge is 0.341 e. The number of esters is 1. The maximum Gasteiger partial charge on any atom is 0.341 e. The Morgan fingerprint density at radius 3 is 2.03 bits per heavy atom.